The molecule has 294 valence electrons. The second-order valence-corrected chi connectivity index (χ2v) is 12.8. The Bertz CT molecular complexity index is 1150. The van der Waals surface area contributed by atoms with Crippen LogP contribution >= 0.6 is 0 Å². The van der Waals surface area contributed by atoms with Gasteiger partial charge in [0.25, 0.3) is 0 Å². The van der Waals surface area contributed by atoms with E-state index in [2.05, 4.69) is 31.9 Å². The number of nitrogens with one attached hydrogen (secondary N) is 6. The zero-order valence-corrected chi connectivity index (χ0v) is 30.6. The first kappa shape index (κ1) is 47.1. The van der Waals surface area contributed by atoms with Crippen molar-refractivity contribution in [2.75, 3.05) is 13.1 Å². The van der Waals surface area contributed by atoms with Crippen molar-refractivity contribution in [3.63, 3.8) is 0 Å². The molecule has 0 bridgehead atoms. The SMILES string of the molecule is CC[C@H](C)[C@H](NC(=O)[C@H](CCCCN)NC(=O)[C@@H](NC(=O)[C@@H](NC(C)=O)[C@@H](C)O)[C@@H](C)O)C(=O)N[C@@H](CCCCN)C(=O)N[C@H](C(N)=O)[C@@H](C)O. The van der Waals surface area contributed by atoms with E-state index in [0.717, 1.165) is 6.92 Å². The molecule has 0 aliphatic carbocycles. The molecule has 0 aliphatic rings. The normalized spacial score (nSPS) is 17.1. The molecule has 10 atom stereocenters. The van der Waals surface area contributed by atoms with E-state index < -0.39 is 102 Å². The van der Waals surface area contributed by atoms with Crippen molar-refractivity contribution < 1.29 is 48.9 Å². The number of unbranched alkanes of at least 4 members (excludes halogenated alkanes) is 2. The summed E-state index contributed by atoms with van der Waals surface area (Å²) in [7, 11) is 0. The Morgan fingerprint density at radius 3 is 1.24 bits per heavy atom. The lowest BCUT2D eigenvalue weighted by Gasteiger charge is -2.30. The van der Waals surface area contributed by atoms with Crippen LogP contribution in [0.4, 0.5) is 0 Å². The van der Waals surface area contributed by atoms with Crippen LogP contribution in [0, 0.1) is 5.92 Å². The largest absolute Gasteiger partial charge is 0.391 e. The maximum atomic E-state index is 13.7. The van der Waals surface area contributed by atoms with Gasteiger partial charge in [-0.1, -0.05) is 20.3 Å². The van der Waals surface area contributed by atoms with Crippen LogP contribution in [0.25, 0.3) is 0 Å². The fourth-order valence-electron chi connectivity index (χ4n) is 4.96. The molecule has 0 aromatic heterocycles. The lowest BCUT2D eigenvalue weighted by molar-refractivity contribution is -0.138. The molecule has 0 fully saturated rings. The summed E-state index contributed by atoms with van der Waals surface area (Å²) >= 11 is 0. The molecule has 0 aliphatic heterocycles. The molecule has 0 spiro atoms. The minimum Gasteiger partial charge on any atom is -0.391 e. The van der Waals surface area contributed by atoms with Gasteiger partial charge in [-0.15, -0.1) is 0 Å². The second kappa shape index (κ2) is 24.3. The zero-order valence-electron chi connectivity index (χ0n) is 30.6. The van der Waals surface area contributed by atoms with Crippen LogP contribution in [-0.4, -0.2) is 124 Å². The van der Waals surface area contributed by atoms with Crippen molar-refractivity contribution in [2.45, 2.75) is 141 Å². The topological polar surface area (TPSA) is 330 Å². The van der Waals surface area contributed by atoms with Crippen molar-refractivity contribution in [1.29, 1.82) is 0 Å². The standard InChI is InChI=1S/C32H61N9O10/c1-7-16(2)23(30(49)37-22(13-9-11-15-34)29(48)40-24(17(3)42)27(35)46)39-28(47)21(12-8-10-14-33)38-31(50)26(19(5)44)41-32(51)25(18(4)43)36-20(6)45/h16-19,21-26,42-44H,7-15,33-34H2,1-6H3,(H2,35,46)(H,36,45)(H,37,49)(H,38,50)(H,39,47)(H,40,48)(H,41,51)/t16-,17+,18+,19+,21-,22-,23-,24-,25-,26-/m0/s1. The molecule has 0 aromatic carbocycles. The van der Waals surface area contributed by atoms with Crippen LogP contribution in [0.3, 0.4) is 0 Å². The maximum absolute atomic E-state index is 13.7. The third-order valence-electron chi connectivity index (χ3n) is 8.23. The molecule has 0 heterocycles. The van der Waals surface area contributed by atoms with Crippen molar-refractivity contribution in [2.24, 2.45) is 23.1 Å². The van der Waals surface area contributed by atoms with Crippen LogP contribution in [0.2, 0.25) is 0 Å². The van der Waals surface area contributed by atoms with E-state index in [-0.39, 0.29) is 19.4 Å². The van der Waals surface area contributed by atoms with E-state index >= 15 is 0 Å². The molecule has 15 N–H and O–H groups in total. The Kier molecular flexibility index (Phi) is 22.4. The Hall–Kier alpha value is -3.91. The average molecular weight is 732 g/mol. The highest BCUT2D eigenvalue weighted by atomic mass is 16.3. The minimum atomic E-state index is -1.61. The molecule has 19 nitrogen and oxygen atoms in total. The highest BCUT2D eigenvalue weighted by Gasteiger charge is 2.36. The van der Waals surface area contributed by atoms with Gasteiger partial charge in [-0.05, 0) is 78.3 Å². The average Bonchev–Trinajstić information content (AvgIpc) is 3.04. The Morgan fingerprint density at radius 2 is 0.882 bits per heavy atom. The maximum Gasteiger partial charge on any atom is 0.245 e. The number of carbonyl (C=O) groups is 7. The number of aliphatic hydroxyl groups is 3. The number of primary amides is 1. The van der Waals surface area contributed by atoms with Gasteiger partial charge in [-0.2, -0.15) is 0 Å². The number of hydrogen-bond acceptors (Lipinski definition) is 12. The third kappa shape index (κ3) is 17.2. The molecule has 0 saturated carbocycles. The van der Waals surface area contributed by atoms with Gasteiger partial charge >= 0.3 is 0 Å². The number of hydrogen-bond donors (Lipinski definition) is 12. The summed E-state index contributed by atoms with van der Waals surface area (Å²) in [5.74, 6) is -6.29. The molecule has 19 heteroatoms. The van der Waals surface area contributed by atoms with E-state index in [0.29, 0.717) is 38.6 Å². The molecule has 0 radical (unpaired) electrons. The van der Waals surface area contributed by atoms with E-state index in [9.17, 15) is 48.9 Å². The summed E-state index contributed by atoms with van der Waals surface area (Å²) in [5.41, 5.74) is 16.5. The summed E-state index contributed by atoms with van der Waals surface area (Å²) in [6.45, 7) is 8.95. The van der Waals surface area contributed by atoms with Gasteiger partial charge in [0.1, 0.15) is 36.3 Å². The van der Waals surface area contributed by atoms with E-state index in [4.69, 9.17) is 17.2 Å². The van der Waals surface area contributed by atoms with Crippen LogP contribution in [0.15, 0.2) is 0 Å². The number of amides is 7. The van der Waals surface area contributed by atoms with Crippen molar-refractivity contribution >= 4 is 41.4 Å². The first-order valence-corrected chi connectivity index (χ1v) is 17.3. The molecular formula is C32H61N9O10. The van der Waals surface area contributed by atoms with Gasteiger partial charge in [0.2, 0.25) is 41.4 Å². The van der Waals surface area contributed by atoms with Gasteiger partial charge < -0.3 is 64.4 Å². The zero-order chi connectivity index (χ0) is 39.4. The number of carbonyl (C=O) groups excluding carboxylic acids is 7. The Labute approximate surface area is 299 Å². The lowest BCUT2D eigenvalue weighted by Crippen LogP contribution is -2.62. The highest BCUT2D eigenvalue weighted by Crippen LogP contribution is 2.12. The molecule has 0 unspecified atom stereocenters. The van der Waals surface area contributed by atoms with Crippen molar-refractivity contribution in [1.82, 2.24) is 31.9 Å². The lowest BCUT2D eigenvalue weighted by atomic mass is 9.96. The van der Waals surface area contributed by atoms with E-state index in [1.165, 1.54) is 20.8 Å². The molecule has 0 rings (SSSR count). The monoisotopic (exact) mass is 731 g/mol. The van der Waals surface area contributed by atoms with Crippen LogP contribution in [-0.2, 0) is 33.6 Å². The van der Waals surface area contributed by atoms with Gasteiger partial charge in [0.15, 0.2) is 0 Å². The number of rotatable bonds is 25. The molecular weight excluding hydrogens is 670 g/mol. The third-order valence-corrected chi connectivity index (χ3v) is 8.23. The fourth-order valence-corrected chi connectivity index (χ4v) is 4.96. The molecule has 0 saturated heterocycles. The first-order chi connectivity index (χ1) is 23.8. The second-order valence-electron chi connectivity index (χ2n) is 12.8. The van der Waals surface area contributed by atoms with Crippen LogP contribution in [0.1, 0.15) is 86.5 Å². The molecule has 51 heavy (non-hydrogen) atoms. The summed E-state index contributed by atoms with van der Waals surface area (Å²) < 4.78 is 0. The van der Waals surface area contributed by atoms with Crippen molar-refractivity contribution in [3.05, 3.63) is 0 Å². The Morgan fingerprint density at radius 1 is 0.529 bits per heavy atom. The first-order valence-electron chi connectivity index (χ1n) is 17.3. The summed E-state index contributed by atoms with van der Waals surface area (Å²) in [5, 5.41) is 45.0. The predicted molar refractivity (Wildman–Crippen MR) is 187 cm³/mol. The van der Waals surface area contributed by atoms with Gasteiger partial charge in [-0.25, -0.2) is 0 Å². The summed E-state index contributed by atoms with van der Waals surface area (Å²) in [6.07, 6.45) is -1.75. The Balaban J connectivity index is 6.27. The highest BCUT2D eigenvalue weighted by molar-refractivity contribution is 5.97. The summed E-state index contributed by atoms with van der Waals surface area (Å²) in [4.78, 5) is 90.2. The molecule has 0 aromatic rings. The summed E-state index contributed by atoms with van der Waals surface area (Å²) in [6, 6.07) is -8.13. The van der Waals surface area contributed by atoms with Gasteiger partial charge in [-0.3, -0.25) is 33.6 Å². The van der Waals surface area contributed by atoms with Crippen LogP contribution in [0.5, 0.6) is 0 Å². The number of aliphatic hydroxyl groups excluding tert-OH is 3. The minimum absolute atomic E-state index is 0.0598. The predicted octanol–water partition coefficient (Wildman–Crippen LogP) is -4.15. The number of nitrogens with two attached hydrogens (primary N) is 3. The smallest absolute Gasteiger partial charge is 0.245 e. The van der Waals surface area contributed by atoms with Gasteiger partial charge in [0.05, 0.1) is 18.3 Å². The van der Waals surface area contributed by atoms with E-state index in [1.54, 1.807) is 13.8 Å². The van der Waals surface area contributed by atoms with E-state index in [1.807, 2.05) is 0 Å². The van der Waals surface area contributed by atoms with Crippen LogP contribution < -0.4 is 49.1 Å². The molecule has 7 amide bonds. The quantitative estimate of drug-likeness (QED) is 0.0398. The van der Waals surface area contributed by atoms with Gasteiger partial charge in [0, 0.05) is 6.92 Å². The van der Waals surface area contributed by atoms with Crippen molar-refractivity contribution in [3.8, 4) is 0 Å². The fraction of sp³-hybridized carbons (Fsp3) is 0.781.